The Hall–Kier alpha value is -5.25. The Balaban J connectivity index is 1.49. The topological polar surface area (TPSA) is 124 Å². The van der Waals surface area contributed by atoms with Crippen LogP contribution >= 0.6 is 0 Å². The van der Waals surface area contributed by atoms with Gasteiger partial charge in [-0.2, -0.15) is 4.98 Å². The molecule has 46 heavy (non-hydrogen) atoms. The number of carbonyl (C=O) groups is 3. The average molecular weight is 623 g/mol. The lowest BCUT2D eigenvalue weighted by molar-refractivity contribution is -0.135. The third-order valence-electron chi connectivity index (χ3n) is 7.49. The van der Waals surface area contributed by atoms with Crippen molar-refractivity contribution in [3.63, 3.8) is 0 Å². The molecule has 0 radical (unpaired) electrons. The number of hydrogen-bond donors (Lipinski definition) is 1. The van der Waals surface area contributed by atoms with Crippen LogP contribution in [-0.4, -0.2) is 58.3 Å². The van der Waals surface area contributed by atoms with Crippen LogP contribution in [0.5, 0.6) is 0 Å². The van der Waals surface area contributed by atoms with E-state index in [1.807, 2.05) is 84.9 Å². The van der Waals surface area contributed by atoms with Crippen LogP contribution in [0.1, 0.15) is 61.4 Å². The molecule has 0 aliphatic heterocycles. The molecule has 0 fully saturated rings. The number of benzene rings is 4. The number of esters is 1. The number of aromatic nitrogens is 2. The number of hydrogen-bond acceptors (Lipinski definition) is 8. The summed E-state index contributed by atoms with van der Waals surface area (Å²) in [5.41, 5.74) is 0.999. The maximum atomic E-state index is 14.3. The molecule has 10 nitrogen and oxygen atoms in total. The van der Waals surface area contributed by atoms with E-state index >= 15 is 0 Å². The van der Waals surface area contributed by atoms with Gasteiger partial charge in [0.25, 0.3) is 5.82 Å². The predicted molar refractivity (Wildman–Crippen MR) is 174 cm³/mol. The number of fused-ring (bicyclic) bond motifs is 2. The van der Waals surface area contributed by atoms with E-state index in [1.165, 1.54) is 4.90 Å². The molecular weight excluding hydrogens is 584 g/mol. The number of nitrogens with one attached hydrogen (secondary N) is 1. The van der Waals surface area contributed by atoms with Crippen LogP contribution in [0.15, 0.2) is 89.5 Å². The van der Waals surface area contributed by atoms with E-state index in [-0.39, 0.29) is 24.7 Å². The van der Waals surface area contributed by atoms with Gasteiger partial charge in [0, 0.05) is 19.9 Å². The maximum absolute atomic E-state index is 14.3. The molecule has 2 atom stereocenters. The fourth-order valence-electron chi connectivity index (χ4n) is 5.28. The van der Waals surface area contributed by atoms with Crippen molar-refractivity contribution < 1.29 is 28.4 Å². The van der Waals surface area contributed by atoms with Crippen molar-refractivity contribution in [1.82, 2.24) is 20.4 Å². The first-order valence-electron chi connectivity index (χ1n) is 15.2. The third-order valence-corrected chi connectivity index (χ3v) is 7.49. The lowest BCUT2D eigenvalue weighted by Gasteiger charge is -2.30. The molecule has 4 aromatic carbocycles. The monoisotopic (exact) mass is 622 g/mol. The highest BCUT2D eigenvalue weighted by molar-refractivity contribution is 5.88. The zero-order chi connectivity index (χ0) is 32.8. The second-order valence-corrected chi connectivity index (χ2v) is 12.1. The minimum Gasteiger partial charge on any atom is -0.460 e. The molecule has 238 valence electrons. The first-order chi connectivity index (χ1) is 22.0. The van der Waals surface area contributed by atoms with Crippen molar-refractivity contribution in [2.24, 2.45) is 0 Å². The van der Waals surface area contributed by atoms with Crippen LogP contribution in [0.2, 0.25) is 0 Å². The van der Waals surface area contributed by atoms with Gasteiger partial charge in [-0.3, -0.25) is 4.79 Å². The third kappa shape index (κ3) is 7.87. The molecule has 0 saturated carbocycles. The van der Waals surface area contributed by atoms with E-state index in [0.29, 0.717) is 6.42 Å². The van der Waals surface area contributed by atoms with E-state index in [4.69, 9.17) is 14.0 Å². The van der Waals surface area contributed by atoms with Crippen LogP contribution in [-0.2, 0) is 27.1 Å². The Morgan fingerprint density at radius 3 is 1.98 bits per heavy atom. The number of rotatable bonds is 10. The van der Waals surface area contributed by atoms with Gasteiger partial charge in [0.05, 0.1) is 6.61 Å². The van der Waals surface area contributed by atoms with E-state index in [9.17, 15) is 14.4 Å². The molecule has 1 heterocycles. The normalized spacial score (nSPS) is 12.8. The second kappa shape index (κ2) is 13.8. The molecule has 5 rings (SSSR count). The molecule has 1 N–H and O–H groups in total. The molecule has 0 aliphatic rings. The number of amides is 2. The van der Waals surface area contributed by atoms with Crippen molar-refractivity contribution in [2.45, 2.75) is 58.2 Å². The summed E-state index contributed by atoms with van der Waals surface area (Å²) in [6, 6.07) is 26.1. The van der Waals surface area contributed by atoms with Gasteiger partial charge in [0.2, 0.25) is 11.8 Å². The summed E-state index contributed by atoms with van der Waals surface area (Å²) in [5.74, 6) is -1.30. The van der Waals surface area contributed by atoms with Gasteiger partial charge < -0.3 is 24.2 Å². The molecule has 10 heteroatoms. The summed E-state index contributed by atoms with van der Waals surface area (Å²) in [7, 11) is 1.62. The van der Waals surface area contributed by atoms with Crippen molar-refractivity contribution in [3.8, 4) is 0 Å². The zero-order valence-corrected chi connectivity index (χ0v) is 26.7. The highest BCUT2D eigenvalue weighted by Gasteiger charge is 2.34. The zero-order valence-electron chi connectivity index (χ0n) is 26.7. The van der Waals surface area contributed by atoms with Gasteiger partial charge in [0.1, 0.15) is 17.7 Å². The Labute approximate surface area is 267 Å². The van der Waals surface area contributed by atoms with E-state index in [0.717, 1.165) is 32.7 Å². The Bertz CT molecular complexity index is 1860. The highest BCUT2D eigenvalue weighted by Crippen LogP contribution is 2.27. The Kier molecular flexibility index (Phi) is 9.65. The van der Waals surface area contributed by atoms with Gasteiger partial charge in [-0.1, -0.05) is 84.9 Å². The average Bonchev–Trinajstić information content (AvgIpc) is 3.52. The van der Waals surface area contributed by atoms with Crippen LogP contribution in [0, 0.1) is 0 Å². The Morgan fingerprint density at radius 1 is 0.848 bits per heavy atom. The van der Waals surface area contributed by atoms with Crippen molar-refractivity contribution in [3.05, 3.63) is 108 Å². The second-order valence-electron chi connectivity index (χ2n) is 12.1. The molecule has 1 aromatic heterocycles. The summed E-state index contributed by atoms with van der Waals surface area (Å²) < 4.78 is 16.1. The van der Waals surface area contributed by atoms with Gasteiger partial charge >= 0.3 is 12.1 Å². The number of likely N-dealkylation sites (N-methyl/N-ethyl adjacent to an activating group) is 1. The molecule has 0 bridgehead atoms. The van der Waals surface area contributed by atoms with Gasteiger partial charge in [0.15, 0.2) is 0 Å². The minimum absolute atomic E-state index is 0.0637. The van der Waals surface area contributed by atoms with Gasteiger partial charge in [-0.15, -0.1) is 0 Å². The van der Waals surface area contributed by atoms with Gasteiger partial charge in [-0.05, 0) is 65.5 Å². The first-order valence-corrected chi connectivity index (χ1v) is 15.2. The van der Waals surface area contributed by atoms with E-state index in [1.54, 1.807) is 34.7 Å². The summed E-state index contributed by atoms with van der Waals surface area (Å²) in [4.78, 5) is 45.5. The maximum Gasteiger partial charge on any atom is 0.408 e. The summed E-state index contributed by atoms with van der Waals surface area (Å²) in [6.07, 6.45) is -0.214. The fraction of sp³-hybridized carbons (Fsp3) is 0.306. The van der Waals surface area contributed by atoms with Gasteiger partial charge in [-0.25, -0.2) is 9.59 Å². The minimum atomic E-state index is -0.993. The predicted octanol–water partition coefficient (Wildman–Crippen LogP) is 6.43. The van der Waals surface area contributed by atoms with Crippen LogP contribution in [0.25, 0.3) is 21.5 Å². The van der Waals surface area contributed by atoms with Crippen LogP contribution < -0.4 is 5.32 Å². The first kappa shape index (κ1) is 32.2. The number of ether oxygens (including phenoxy) is 2. The van der Waals surface area contributed by atoms with E-state index < -0.39 is 35.7 Å². The molecule has 5 aromatic rings. The summed E-state index contributed by atoms with van der Waals surface area (Å²) in [5, 5.41) is 10.8. The van der Waals surface area contributed by atoms with Crippen molar-refractivity contribution in [2.75, 3.05) is 13.7 Å². The van der Waals surface area contributed by atoms with Crippen molar-refractivity contribution >= 4 is 39.5 Å². The SMILES string of the molecule is CCOC(=O)c1noc([C@@H](Cc2ccc3ccccc3c2)N(C)C(=O)C(Cc2ccc3ccccc3c2)NC(=O)OC(C)(C)C)n1. The molecule has 2 amide bonds. The molecule has 0 aliphatic carbocycles. The molecule has 1 unspecified atom stereocenters. The molecular formula is C36H38N4O6. The standard InChI is InChI=1S/C36H38N4O6/c1-6-44-34(42)31-38-32(46-39-31)30(22-24-16-18-26-12-8-10-14-28(26)20-24)40(5)33(41)29(37-35(43)45-36(2,3)4)21-23-15-17-25-11-7-9-13-27(25)19-23/h7-20,29-30H,6,21-22H2,1-5H3,(H,37,43)/t29?,30-/m1/s1. The van der Waals surface area contributed by atoms with Crippen LogP contribution in [0.4, 0.5) is 4.79 Å². The summed E-state index contributed by atoms with van der Waals surface area (Å²) in [6.45, 7) is 7.11. The van der Waals surface area contributed by atoms with Crippen LogP contribution in [0.3, 0.4) is 0 Å². The smallest absolute Gasteiger partial charge is 0.408 e. The molecule has 0 saturated heterocycles. The summed E-state index contributed by atoms with van der Waals surface area (Å²) >= 11 is 0. The number of nitrogens with zero attached hydrogens (tertiary/aromatic N) is 3. The highest BCUT2D eigenvalue weighted by atomic mass is 16.6. The largest absolute Gasteiger partial charge is 0.460 e. The quantitative estimate of drug-likeness (QED) is 0.177. The lowest BCUT2D eigenvalue weighted by Crippen LogP contribution is -2.50. The number of alkyl carbamates (subject to hydrolysis) is 1. The van der Waals surface area contributed by atoms with Crippen molar-refractivity contribution in [1.29, 1.82) is 0 Å². The lowest BCUT2D eigenvalue weighted by atomic mass is 9.98. The van der Waals surface area contributed by atoms with E-state index in [2.05, 4.69) is 15.5 Å². The fourth-order valence-corrected chi connectivity index (χ4v) is 5.28. The molecule has 0 spiro atoms. The number of carbonyl (C=O) groups excluding carboxylic acids is 3. The Morgan fingerprint density at radius 2 is 1.41 bits per heavy atom.